The Kier molecular flexibility index (Phi) is 7.05. The van der Waals surface area contributed by atoms with Gasteiger partial charge < -0.3 is 20.1 Å². The molecule has 1 aliphatic carbocycles. The van der Waals surface area contributed by atoms with Gasteiger partial charge in [0.05, 0.1) is 18.2 Å². The second-order valence-corrected chi connectivity index (χ2v) is 7.87. The van der Waals surface area contributed by atoms with Crippen molar-refractivity contribution < 1.29 is 28.9 Å². The second-order valence-electron chi connectivity index (χ2n) is 7.87. The SMILES string of the molecule is C1CCN(C2CCOCC2)C1.COc1cc(C(F)(F)F)cc(C2CC2)c1C(N)=O.[HH]. The van der Waals surface area contributed by atoms with Gasteiger partial charge in [0, 0.05) is 20.7 Å². The van der Waals surface area contributed by atoms with Crippen LogP contribution in [0, 0.1) is 0 Å². The number of rotatable bonds is 4. The van der Waals surface area contributed by atoms with Crippen molar-refractivity contribution in [3.8, 4) is 5.75 Å². The number of primary amides is 1. The number of amides is 1. The molecule has 0 spiro atoms. The molecule has 4 rings (SSSR count). The van der Waals surface area contributed by atoms with E-state index < -0.39 is 17.6 Å². The van der Waals surface area contributed by atoms with Crippen LogP contribution in [0.2, 0.25) is 0 Å². The normalized spacial score (nSPS) is 20.8. The van der Waals surface area contributed by atoms with Crippen LogP contribution in [0.25, 0.3) is 0 Å². The quantitative estimate of drug-likeness (QED) is 0.799. The zero-order valence-electron chi connectivity index (χ0n) is 16.8. The minimum Gasteiger partial charge on any atom is -0.496 e. The van der Waals surface area contributed by atoms with Gasteiger partial charge in [-0.3, -0.25) is 4.79 Å². The predicted octanol–water partition coefficient (Wildman–Crippen LogP) is 4.20. The van der Waals surface area contributed by atoms with Crippen LogP contribution in [0.4, 0.5) is 13.2 Å². The van der Waals surface area contributed by atoms with Crippen molar-refractivity contribution in [1.29, 1.82) is 0 Å². The zero-order chi connectivity index (χ0) is 21.0. The van der Waals surface area contributed by atoms with Crippen molar-refractivity contribution in [3.63, 3.8) is 0 Å². The Morgan fingerprint density at radius 3 is 2.28 bits per heavy atom. The smallest absolute Gasteiger partial charge is 0.416 e. The molecule has 2 heterocycles. The number of alkyl halides is 3. The lowest BCUT2D eigenvalue weighted by Gasteiger charge is -2.30. The summed E-state index contributed by atoms with van der Waals surface area (Å²) in [6.45, 7) is 4.65. The highest BCUT2D eigenvalue weighted by Gasteiger charge is 2.36. The van der Waals surface area contributed by atoms with Crippen LogP contribution in [-0.2, 0) is 10.9 Å². The number of methoxy groups -OCH3 is 1. The van der Waals surface area contributed by atoms with Gasteiger partial charge in [-0.2, -0.15) is 13.2 Å². The molecular formula is C21H31F3N2O3. The first kappa shape index (κ1) is 21.9. The fourth-order valence-corrected chi connectivity index (χ4v) is 4.10. The van der Waals surface area contributed by atoms with E-state index in [9.17, 15) is 18.0 Å². The molecule has 1 amide bonds. The fraction of sp³-hybridized carbons (Fsp3) is 0.667. The van der Waals surface area contributed by atoms with Gasteiger partial charge in [-0.1, -0.05) is 0 Å². The fourth-order valence-electron chi connectivity index (χ4n) is 4.10. The van der Waals surface area contributed by atoms with E-state index in [1.165, 1.54) is 45.9 Å². The molecule has 2 saturated heterocycles. The minimum absolute atomic E-state index is 0. The van der Waals surface area contributed by atoms with E-state index >= 15 is 0 Å². The molecule has 0 bridgehead atoms. The van der Waals surface area contributed by atoms with Crippen molar-refractivity contribution in [2.24, 2.45) is 5.73 Å². The Balaban J connectivity index is 0.000000229. The number of carbonyl (C=O) groups excluding carboxylic acids is 1. The Hall–Kier alpha value is -1.80. The number of ether oxygens (including phenoxy) is 2. The number of hydrogen-bond acceptors (Lipinski definition) is 4. The third kappa shape index (κ3) is 5.63. The molecule has 3 aliphatic rings. The van der Waals surface area contributed by atoms with Crippen molar-refractivity contribution in [2.45, 2.75) is 56.7 Å². The van der Waals surface area contributed by atoms with E-state index in [1.807, 2.05) is 0 Å². The maximum atomic E-state index is 12.7. The summed E-state index contributed by atoms with van der Waals surface area (Å²) in [5, 5.41) is 0. The Morgan fingerprint density at radius 2 is 1.79 bits per heavy atom. The van der Waals surface area contributed by atoms with Crippen molar-refractivity contribution in [3.05, 3.63) is 28.8 Å². The van der Waals surface area contributed by atoms with E-state index in [4.69, 9.17) is 15.2 Å². The first-order valence-electron chi connectivity index (χ1n) is 10.2. The molecule has 164 valence electrons. The highest BCUT2D eigenvalue weighted by molar-refractivity contribution is 5.97. The van der Waals surface area contributed by atoms with Gasteiger partial charge in [0.25, 0.3) is 5.91 Å². The molecule has 1 saturated carbocycles. The lowest BCUT2D eigenvalue weighted by Crippen LogP contribution is -2.37. The molecule has 8 heteroatoms. The van der Waals surface area contributed by atoms with Gasteiger partial charge in [-0.15, -0.1) is 0 Å². The predicted molar refractivity (Wildman–Crippen MR) is 105 cm³/mol. The first-order valence-corrected chi connectivity index (χ1v) is 10.2. The lowest BCUT2D eigenvalue weighted by atomic mass is 9.98. The van der Waals surface area contributed by atoms with Crippen LogP contribution in [0.3, 0.4) is 0 Å². The summed E-state index contributed by atoms with van der Waals surface area (Å²) in [7, 11) is 1.22. The lowest BCUT2D eigenvalue weighted by molar-refractivity contribution is -0.137. The van der Waals surface area contributed by atoms with Crippen LogP contribution in [0.15, 0.2) is 12.1 Å². The summed E-state index contributed by atoms with van der Waals surface area (Å²) in [4.78, 5) is 14.0. The number of nitrogens with zero attached hydrogens (tertiary/aromatic N) is 1. The van der Waals surface area contributed by atoms with E-state index in [-0.39, 0.29) is 18.7 Å². The van der Waals surface area contributed by atoms with Gasteiger partial charge in [-0.25, -0.2) is 0 Å². The van der Waals surface area contributed by atoms with E-state index in [1.54, 1.807) is 0 Å². The molecule has 2 N–H and O–H groups in total. The molecule has 29 heavy (non-hydrogen) atoms. The largest absolute Gasteiger partial charge is 0.496 e. The van der Waals surface area contributed by atoms with Crippen molar-refractivity contribution in [1.82, 2.24) is 4.90 Å². The molecule has 0 atom stereocenters. The Morgan fingerprint density at radius 1 is 1.17 bits per heavy atom. The van der Waals surface area contributed by atoms with Crippen LogP contribution in [0.1, 0.15) is 67.4 Å². The summed E-state index contributed by atoms with van der Waals surface area (Å²) in [6.07, 6.45) is 2.43. The molecule has 3 fully saturated rings. The maximum Gasteiger partial charge on any atom is 0.416 e. The van der Waals surface area contributed by atoms with Gasteiger partial charge in [0.2, 0.25) is 0 Å². The molecule has 0 radical (unpaired) electrons. The number of carbonyl (C=O) groups is 1. The second kappa shape index (κ2) is 9.34. The number of hydrogen-bond donors (Lipinski definition) is 1. The topological polar surface area (TPSA) is 64.8 Å². The molecule has 0 aromatic heterocycles. The average molecular weight is 416 g/mol. The number of benzene rings is 1. The standard InChI is InChI=1S/C12H12F3NO2.C9H17NO.H2/c1-18-9-5-7(12(13,14)15)4-8(6-2-3-6)10(9)11(16)17;1-2-6-10(5-1)9-3-7-11-8-4-9;/h4-6H,2-3H2,1H3,(H2,16,17);9H,1-8H2;1H. The highest BCUT2D eigenvalue weighted by atomic mass is 19.4. The van der Waals surface area contributed by atoms with Gasteiger partial charge in [-0.05, 0) is 75.2 Å². The van der Waals surface area contributed by atoms with E-state index in [0.717, 1.165) is 44.2 Å². The van der Waals surface area contributed by atoms with Crippen molar-refractivity contribution in [2.75, 3.05) is 33.4 Å². The Labute approximate surface area is 170 Å². The van der Waals surface area contributed by atoms with Gasteiger partial charge in [0.15, 0.2) is 0 Å². The van der Waals surface area contributed by atoms with Crippen LogP contribution in [-0.4, -0.2) is 50.3 Å². The number of halogens is 3. The monoisotopic (exact) mass is 416 g/mol. The molecular weight excluding hydrogens is 385 g/mol. The summed E-state index contributed by atoms with van der Waals surface area (Å²) in [5.74, 6) is -0.898. The number of likely N-dealkylation sites (tertiary alicyclic amines) is 1. The minimum atomic E-state index is -4.47. The molecule has 0 unspecified atom stereocenters. The summed E-state index contributed by atoms with van der Waals surface area (Å²) < 4.78 is 48.4. The molecule has 2 aliphatic heterocycles. The summed E-state index contributed by atoms with van der Waals surface area (Å²) in [6, 6.07) is 2.66. The van der Waals surface area contributed by atoms with Crippen molar-refractivity contribution >= 4 is 5.91 Å². The van der Waals surface area contributed by atoms with E-state index in [0.29, 0.717) is 5.56 Å². The van der Waals surface area contributed by atoms with Gasteiger partial charge >= 0.3 is 6.18 Å². The average Bonchev–Trinajstić information content (AvgIpc) is 3.41. The highest BCUT2D eigenvalue weighted by Crippen LogP contribution is 2.46. The third-order valence-electron chi connectivity index (χ3n) is 5.79. The molecule has 1 aromatic carbocycles. The van der Waals surface area contributed by atoms with Crippen LogP contribution < -0.4 is 10.5 Å². The zero-order valence-corrected chi connectivity index (χ0v) is 16.8. The maximum absolute atomic E-state index is 12.7. The molecule has 5 nitrogen and oxygen atoms in total. The Bertz CT molecular complexity index is 714. The van der Waals surface area contributed by atoms with E-state index in [2.05, 4.69) is 4.90 Å². The molecule has 1 aromatic rings. The third-order valence-corrected chi connectivity index (χ3v) is 5.79. The van der Waals surface area contributed by atoms with Crippen LogP contribution in [0.5, 0.6) is 5.75 Å². The van der Waals surface area contributed by atoms with Crippen LogP contribution >= 0.6 is 0 Å². The first-order chi connectivity index (χ1) is 13.8. The van der Waals surface area contributed by atoms with Gasteiger partial charge in [0.1, 0.15) is 5.75 Å². The summed E-state index contributed by atoms with van der Waals surface area (Å²) in [5.41, 5.74) is 4.81. The number of nitrogens with two attached hydrogens (primary N) is 1. The summed E-state index contributed by atoms with van der Waals surface area (Å²) >= 11 is 0.